The van der Waals surface area contributed by atoms with Crippen LogP contribution in [0.4, 0.5) is 0 Å². The molecule has 1 aromatic carbocycles. The smallest absolute Gasteiger partial charge is 0.261 e. The first-order valence-electron chi connectivity index (χ1n) is 12.5. The van der Waals surface area contributed by atoms with Gasteiger partial charge in [0, 0.05) is 52.2 Å². The minimum absolute atomic E-state index is 0.0416. The number of nitrogens with zero attached hydrogens (tertiary/aromatic N) is 5. The molecule has 9 heteroatoms. The van der Waals surface area contributed by atoms with Gasteiger partial charge in [-0.3, -0.25) is 23.9 Å². The SMILES string of the molecule is O=C(COc1ccc2nc3n(c(=O)c2c1)CCC3)N1CCN(CC(=O)N2CCCCCC2)CC1. The summed E-state index contributed by atoms with van der Waals surface area (Å²) in [6, 6.07) is 5.24. The summed E-state index contributed by atoms with van der Waals surface area (Å²) in [6.45, 7) is 5.36. The lowest BCUT2D eigenvalue weighted by molar-refractivity contribution is -0.136. The minimum atomic E-state index is -0.0811. The lowest BCUT2D eigenvalue weighted by Gasteiger charge is -2.35. The number of hydrogen-bond acceptors (Lipinski definition) is 6. The maximum absolute atomic E-state index is 12.7. The van der Waals surface area contributed by atoms with Gasteiger partial charge in [-0.25, -0.2) is 4.98 Å². The molecule has 0 spiro atoms. The van der Waals surface area contributed by atoms with Gasteiger partial charge in [-0.05, 0) is 37.5 Å². The monoisotopic (exact) mass is 467 g/mol. The van der Waals surface area contributed by atoms with Gasteiger partial charge in [-0.2, -0.15) is 0 Å². The predicted octanol–water partition coefficient (Wildman–Crippen LogP) is 1.27. The van der Waals surface area contributed by atoms with Gasteiger partial charge in [-0.15, -0.1) is 0 Å². The molecular weight excluding hydrogens is 434 g/mol. The molecule has 3 aliphatic heterocycles. The maximum Gasteiger partial charge on any atom is 0.261 e. The molecule has 0 bridgehead atoms. The average Bonchev–Trinajstić information content (AvgIpc) is 3.15. The van der Waals surface area contributed by atoms with Crippen LogP contribution in [0.5, 0.6) is 5.75 Å². The second kappa shape index (κ2) is 10.1. The van der Waals surface area contributed by atoms with Crippen LogP contribution >= 0.6 is 0 Å². The molecule has 0 saturated carbocycles. The second-order valence-corrected chi connectivity index (χ2v) is 9.51. The fourth-order valence-corrected chi connectivity index (χ4v) is 5.16. The molecular formula is C25H33N5O4. The average molecular weight is 468 g/mol. The van der Waals surface area contributed by atoms with Crippen molar-refractivity contribution < 1.29 is 14.3 Å². The molecule has 2 amide bonds. The molecule has 0 atom stereocenters. The zero-order valence-electron chi connectivity index (χ0n) is 19.7. The van der Waals surface area contributed by atoms with Crippen LogP contribution in [0, 0.1) is 0 Å². The number of rotatable bonds is 5. The van der Waals surface area contributed by atoms with Crippen LogP contribution in [0.2, 0.25) is 0 Å². The van der Waals surface area contributed by atoms with E-state index in [-0.39, 0.29) is 24.0 Å². The summed E-state index contributed by atoms with van der Waals surface area (Å²) < 4.78 is 7.48. The van der Waals surface area contributed by atoms with Crippen molar-refractivity contribution in [3.05, 3.63) is 34.4 Å². The molecule has 0 radical (unpaired) electrons. The topological polar surface area (TPSA) is 88.0 Å². The standard InChI is InChI=1S/C25H33N5O4/c31-23(28-9-3-1-2-4-10-28)17-27-12-14-29(15-13-27)24(32)18-34-19-7-8-21-20(16-19)25(33)30-11-5-6-22(30)26-21/h7-8,16H,1-6,9-15,17-18H2. The third kappa shape index (κ3) is 4.94. The van der Waals surface area contributed by atoms with Crippen LogP contribution in [0.1, 0.15) is 37.9 Å². The van der Waals surface area contributed by atoms with Crippen molar-refractivity contribution in [3.63, 3.8) is 0 Å². The van der Waals surface area contributed by atoms with Crippen molar-refractivity contribution in [2.24, 2.45) is 0 Å². The summed E-state index contributed by atoms with van der Waals surface area (Å²) in [6.07, 6.45) is 6.38. The second-order valence-electron chi connectivity index (χ2n) is 9.51. The molecule has 3 aliphatic rings. The van der Waals surface area contributed by atoms with Gasteiger partial charge in [0.05, 0.1) is 17.4 Å². The summed E-state index contributed by atoms with van der Waals surface area (Å²) in [5, 5.41) is 0.526. The van der Waals surface area contributed by atoms with Crippen LogP contribution in [-0.4, -0.2) is 88.5 Å². The molecule has 2 fully saturated rings. The molecule has 5 rings (SSSR count). The number of benzene rings is 1. The van der Waals surface area contributed by atoms with Crippen molar-refractivity contribution in [2.75, 3.05) is 52.4 Å². The summed E-state index contributed by atoms with van der Waals surface area (Å²) in [4.78, 5) is 48.6. The number of fused-ring (bicyclic) bond motifs is 2. The maximum atomic E-state index is 12.7. The summed E-state index contributed by atoms with van der Waals surface area (Å²) in [5.74, 6) is 1.47. The van der Waals surface area contributed by atoms with Crippen LogP contribution in [0.15, 0.2) is 23.0 Å². The van der Waals surface area contributed by atoms with Crippen molar-refractivity contribution in [3.8, 4) is 5.75 Å². The number of likely N-dealkylation sites (tertiary alicyclic amines) is 1. The zero-order valence-corrected chi connectivity index (χ0v) is 19.7. The number of ether oxygens (including phenoxy) is 1. The fraction of sp³-hybridized carbons (Fsp3) is 0.600. The van der Waals surface area contributed by atoms with Crippen molar-refractivity contribution in [1.82, 2.24) is 24.3 Å². The number of amides is 2. The van der Waals surface area contributed by atoms with Crippen molar-refractivity contribution in [1.29, 1.82) is 0 Å². The fourth-order valence-electron chi connectivity index (χ4n) is 5.16. The Labute approximate surface area is 199 Å². The number of carbonyl (C=O) groups is 2. The van der Waals surface area contributed by atoms with Gasteiger partial charge in [0.1, 0.15) is 11.6 Å². The number of hydrogen-bond donors (Lipinski definition) is 0. The highest BCUT2D eigenvalue weighted by Gasteiger charge is 2.25. The van der Waals surface area contributed by atoms with Crippen molar-refractivity contribution >= 4 is 22.7 Å². The Balaban J connectivity index is 1.11. The minimum Gasteiger partial charge on any atom is -0.484 e. The van der Waals surface area contributed by atoms with E-state index >= 15 is 0 Å². The third-order valence-electron chi connectivity index (χ3n) is 7.19. The molecule has 182 valence electrons. The Morgan fingerprint density at radius 1 is 0.853 bits per heavy atom. The summed E-state index contributed by atoms with van der Waals surface area (Å²) >= 11 is 0. The van der Waals surface area contributed by atoms with E-state index < -0.39 is 0 Å². The predicted molar refractivity (Wildman–Crippen MR) is 128 cm³/mol. The Kier molecular flexibility index (Phi) is 6.80. The van der Waals surface area contributed by atoms with Crippen LogP contribution in [-0.2, 0) is 22.6 Å². The van der Waals surface area contributed by atoms with Gasteiger partial charge in [-0.1, -0.05) is 12.8 Å². The van der Waals surface area contributed by atoms with Crippen LogP contribution in [0.3, 0.4) is 0 Å². The lowest BCUT2D eigenvalue weighted by atomic mass is 10.2. The first-order valence-corrected chi connectivity index (χ1v) is 12.5. The Morgan fingerprint density at radius 3 is 2.35 bits per heavy atom. The Hall–Kier alpha value is -2.94. The molecule has 34 heavy (non-hydrogen) atoms. The van der Waals surface area contributed by atoms with E-state index in [4.69, 9.17) is 4.74 Å². The number of aryl methyl sites for hydroxylation is 1. The third-order valence-corrected chi connectivity index (χ3v) is 7.19. The van der Waals surface area contributed by atoms with Gasteiger partial charge in [0.25, 0.3) is 11.5 Å². The largest absolute Gasteiger partial charge is 0.484 e. The van der Waals surface area contributed by atoms with E-state index in [0.29, 0.717) is 55.9 Å². The Bertz CT molecular complexity index is 1110. The van der Waals surface area contributed by atoms with E-state index in [1.165, 1.54) is 12.8 Å². The first kappa shape index (κ1) is 22.8. The molecule has 2 aromatic rings. The van der Waals surface area contributed by atoms with Gasteiger partial charge >= 0.3 is 0 Å². The van der Waals surface area contributed by atoms with Crippen molar-refractivity contribution in [2.45, 2.75) is 45.1 Å². The van der Waals surface area contributed by atoms with E-state index in [1.54, 1.807) is 27.7 Å². The van der Waals surface area contributed by atoms with E-state index in [2.05, 4.69) is 9.88 Å². The highest BCUT2D eigenvalue weighted by atomic mass is 16.5. The molecule has 0 unspecified atom stereocenters. The van der Waals surface area contributed by atoms with Crippen LogP contribution < -0.4 is 10.3 Å². The summed E-state index contributed by atoms with van der Waals surface area (Å²) in [7, 11) is 0. The highest BCUT2D eigenvalue weighted by molar-refractivity contribution is 5.81. The molecule has 0 N–H and O–H groups in total. The van der Waals surface area contributed by atoms with Gasteiger partial charge in [0.15, 0.2) is 6.61 Å². The Morgan fingerprint density at radius 2 is 1.59 bits per heavy atom. The van der Waals surface area contributed by atoms with Gasteiger partial charge < -0.3 is 14.5 Å². The first-order chi connectivity index (χ1) is 16.6. The molecule has 9 nitrogen and oxygen atoms in total. The molecule has 4 heterocycles. The quantitative estimate of drug-likeness (QED) is 0.658. The lowest BCUT2D eigenvalue weighted by Crippen LogP contribution is -2.52. The number of aromatic nitrogens is 2. The van der Waals surface area contributed by atoms with E-state index in [1.807, 2.05) is 4.90 Å². The number of piperazine rings is 1. The highest BCUT2D eigenvalue weighted by Crippen LogP contribution is 2.20. The van der Waals surface area contributed by atoms with E-state index in [0.717, 1.165) is 44.6 Å². The van der Waals surface area contributed by atoms with Gasteiger partial charge in [0.2, 0.25) is 5.91 Å². The number of carbonyl (C=O) groups excluding carboxylic acids is 2. The molecule has 2 saturated heterocycles. The van der Waals surface area contributed by atoms with Crippen LogP contribution in [0.25, 0.3) is 10.9 Å². The van der Waals surface area contributed by atoms with E-state index in [9.17, 15) is 14.4 Å². The normalized spacial score (nSPS) is 19.2. The zero-order chi connectivity index (χ0) is 23.5. The molecule has 0 aliphatic carbocycles. The molecule has 1 aromatic heterocycles. The summed E-state index contributed by atoms with van der Waals surface area (Å²) in [5.41, 5.74) is 0.628.